The first-order valence-electron chi connectivity index (χ1n) is 5.73. The van der Waals surface area contributed by atoms with Crippen LogP contribution in [-0.2, 0) is 6.54 Å². The molecule has 2 aromatic rings. The van der Waals surface area contributed by atoms with Gasteiger partial charge in [-0.2, -0.15) is 0 Å². The van der Waals surface area contributed by atoms with Crippen molar-refractivity contribution in [1.82, 2.24) is 4.57 Å². The van der Waals surface area contributed by atoms with Crippen molar-refractivity contribution >= 4 is 21.7 Å². The van der Waals surface area contributed by atoms with Gasteiger partial charge in [0.05, 0.1) is 0 Å². The zero-order valence-electron chi connectivity index (χ0n) is 9.99. The third kappa shape index (κ3) is 2.88. The first-order valence-corrected chi connectivity index (χ1v) is 6.52. The van der Waals surface area contributed by atoms with Gasteiger partial charge in [0.25, 0.3) is 0 Å². The van der Waals surface area contributed by atoms with Gasteiger partial charge in [-0.25, -0.2) is 4.39 Å². The van der Waals surface area contributed by atoms with Crippen LogP contribution in [0.15, 0.2) is 41.1 Å². The fourth-order valence-electron chi connectivity index (χ4n) is 1.75. The number of ketones is 1. The lowest BCUT2D eigenvalue weighted by Gasteiger charge is -2.05. The summed E-state index contributed by atoms with van der Waals surface area (Å²) in [4.78, 5) is 11.5. The maximum Gasteiger partial charge on any atom is 0.164 e. The number of nitrogens with zero attached hydrogens (tertiary/aromatic N) is 1. The molecule has 0 spiro atoms. The van der Waals surface area contributed by atoms with Crippen molar-refractivity contribution in [2.75, 3.05) is 0 Å². The highest BCUT2D eigenvalue weighted by atomic mass is 79.9. The van der Waals surface area contributed by atoms with Crippen LogP contribution >= 0.6 is 15.9 Å². The molecular weight excluding hydrogens is 297 g/mol. The summed E-state index contributed by atoms with van der Waals surface area (Å²) in [6.45, 7) is 2.25. The van der Waals surface area contributed by atoms with Gasteiger partial charge in [-0.05, 0) is 18.2 Å². The molecule has 0 N–H and O–H groups in total. The van der Waals surface area contributed by atoms with Gasteiger partial charge in [0.2, 0.25) is 0 Å². The van der Waals surface area contributed by atoms with E-state index in [4.69, 9.17) is 0 Å². The van der Waals surface area contributed by atoms with Crippen molar-refractivity contribution in [3.05, 3.63) is 58.1 Å². The molecule has 0 atom stereocenters. The number of carbonyl (C=O) groups is 1. The SMILES string of the molecule is CCC(=O)c1ccn(Cc2ccc(Br)cc2F)c1. The molecular formula is C14H13BrFNO. The van der Waals surface area contributed by atoms with Crippen LogP contribution in [-0.4, -0.2) is 10.4 Å². The van der Waals surface area contributed by atoms with Crippen molar-refractivity contribution in [2.24, 2.45) is 0 Å². The molecule has 0 radical (unpaired) electrons. The van der Waals surface area contributed by atoms with Gasteiger partial charge >= 0.3 is 0 Å². The van der Waals surface area contributed by atoms with E-state index in [9.17, 15) is 9.18 Å². The standard InChI is InChI=1S/C14H13BrFNO/c1-2-14(18)11-5-6-17(9-11)8-10-3-4-12(15)7-13(10)16/h3-7,9H,2,8H2,1H3. The number of benzene rings is 1. The van der Waals surface area contributed by atoms with Crippen LogP contribution in [0.25, 0.3) is 0 Å². The Labute approximate surface area is 114 Å². The maximum atomic E-state index is 13.7. The van der Waals surface area contributed by atoms with E-state index in [1.807, 2.05) is 11.5 Å². The molecule has 0 aliphatic rings. The van der Waals surface area contributed by atoms with Crippen LogP contribution in [0.5, 0.6) is 0 Å². The van der Waals surface area contributed by atoms with Crippen LogP contribution in [0.1, 0.15) is 29.3 Å². The predicted octanol–water partition coefficient (Wildman–Crippen LogP) is 4.03. The summed E-state index contributed by atoms with van der Waals surface area (Å²) in [6, 6.07) is 6.75. The first kappa shape index (κ1) is 13.0. The molecule has 1 aromatic carbocycles. The van der Waals surface area contributed by atoms with Crippen molar-refractivity contribution in [3.63, 3.8) is 0 Å². The highest BCUT2D eigenvalue weighted by molar-refractivity contribution is 9.10. The Bertz CT molecular complexity index is 577. The summed E-state index contributed by atoms with van der Waals surface area (Å²) in [7, 11) is 0. The number of halogens is 2. The maximum absolute atomic E-state index is 13.7. The number of Topliss-reactive ketones (excluding diaryl/α,β-unsaturated/α-hetero) is 1. The molecule has 4 heteroatoms. The second-order valence-electron chi connectivity index (χ2n) is 4.08. The van der Waals surface area contributed by atoms with E-state index in [1.54, 1.807) is 30.6 Å². The molecule has 0 fully saturated rings. The normalized spacial score (nSPS) is 10.6. The lowest BCUT2D eigenvalue weighted by molar-refractivity contribution is 0.0988. The third-order valence-electron chi connectivity index (χ3n) is 2.76. The molecule has 0 bridgehead atoms. The average Bonchev–Trinajstić information content (AvgIpc) is 2.80. The highest BCUT2D eigenvalue weighted by Gasteiger charge is 2.07. The second-order valence-corrected chi connectivity index (χ2v) is 5.00. The summed E-state index contributed by atoms with van der Waals surface area (Å²) in [6.07, 6.45) is 4.04. The largest absolute Gasteiger partial charge is 0.349 e. The number of hydrogen-bond donors (Lipinski definition) is 0. The Morgan fingerprint density at radius 3 is 2.83 bits per heavy atom. The van der Waals surface area contributed by atoms with Gasteiger partial charge < -0.3 is 4.57 Å². The van der Waals surface area contributed by atoms with Crippen LogP contribution in [0.4, 0.5) is 4.39 Å². The Morgan fingerprint density at radius 2 is 2.17 bits per heavy atom. The molecule has 18 heavy (non-hydrogen) atoms. The molecule has 0 amide bonds. The Kier molecular flexibility index (Phi) is 3.97. The van der Waals surface area contributed by atoms with E-state index in [0.717, 1.165) is 4.47 Å². The van der Waals surface area contributed by atoms with Gasteiger partial charge in [-0.3, -0.25) is 4.79 Å². The summed E-state index contributed by atoms with van der Waals surface area (Å²) >= 11 is 3.22. The molecule has 0 aliphatic heterocycles. The van der Waals surface area contributed by atoms with Crippen LogP contribution in [0.3, 0.4) is 0 Å². The minimum absolute atomic E-state index is 0.102. The van der Waals surface area contributed by atoms with E-state index in [2.05, 4.69) is 15.9 Å². The van der Waals surface area contributed by atoms with E-state index >= 15 is 0 Å². The van der Waals surface area contributed by atoms with Crippen LogP contribution in [0, 0.1) is 5.82 Å². The van der Waals surface area contributed by atoms with Gasteiger partial charge in [-0.15, -0.1) is 0 Å². The molecule has 0 saturated carbocycles. The summed E-state index contributed by atoms with van der Waals surface area (Å²) in [5, 5.41) is 0. The number of carbonyl (C=O) groups excluding carboxylic acids is 1. The van der Waals surface area contributed by atoms with E-state index in [0.29, 0.717) is 24.1 Å². The molecule has 1 heterocycles. The zero-order chi connectivity index (χ0) is 13.1. The fraction of sp³-hybridized carbons (Fsp3) is 0.214. The minimum atomic E-state index is -0.249. The smallest absolute Gasteiger partial charge is 0.164 e. The average molecular weight is 310 g/mol. The van der Waals surface area contributed by atoms with Gasteiger partial charge in [0.1, 0.15) is 5.82 Å². The predicted molar refractivity (Wildman–Crippen MR) is 72.3 cm³/mol. The van der Waals surface area contributed by atoms with Crippen molar-refractivity contribution in [3.8, 4) is 0 Å². The summed E-state index contributed by atoms with van der Waals surface area (Å²) in [5.74, 6) is -0.147. The Morgan fingerprint density at radius 1 is 1.39 bits per heavy atom. The zero-order valence-corrected chi connectivity index (χ0v) is 11.6. The highest BCUT2D eigenvalue weighted by Crippen LogP contribution is 2.17. The minimum Gasteiger partial charge on any atom is -0.349 e. The Hall–Kier alpha value is -1.42. The third-order valence-corrected chi connectivity index (χ3v) is 3.25. The number of rotatable bonds is 4. The molecule has 1 aromatic heterocycles. The lowest BCUT2D eigenvalue weighted by atomic mass is 10.2. The summed E-state index contributed by atoms with van der Waals surface area (Å²) in [5.41, 5.74) is 1.28. The molecule has 94 valence electrons. The van der Waals surface area contributed by atoms with E-state index in [-0.39, 0.29) is 11.6 Å². The van der Waals surface area contributed by atoms with Crippen molar-refractivity contribution in [2.45, 2.75) is 19.9 Å². The van der Waals surface area contributed by atoms with Crippen LogP contribution in [0.2, 0.25) is 0 Å². The van der Waals surface area contributed by atoms with Gasteiger partial charge in [-0.1, -0.05) is 28.9 Å². The Balaban J connectivity index is 2.18. The molecule has 2 rings (SSSR count). The molecule has 2 nitrogen and oxygen atoms in total. The van der Waals surface area contributed by atoms with Crippen LogP contribution < -0.4 is 0 Å². The van der Waals surface area contributed by atoms with Crippen molar-refractivity contribution in [1.29, 1.82) is 0 Å². The molecule has 0 saturated heterocycles. The second kappa shape index (κ2) is 5.48. The quantitative estimate of drug-likeness (QED) is 0.782. The monoisotopic (exact) mass is 309 g/mol. The summed E-state index contributed by atoms with van der Waals surface area (Å²) < 4.78 is 16.2. The van der Waals surface area contributed by atoms with Gasteiger partial charge in [0, 0.05) is 41.0 Å². The number of hydrogen-bond acceptors (Lipinski definition) is 1. The molecule has 0 aliphatic carbocycles. The first-order chi connectivity index (χ1) is 8.60. The van der Waals surface area contributed by atoms with Crippen molar-refractivity contribution < 1.29 is 9.18 Å². The molecule has 0 unspecified atom stereocenters. The van der Waals surface area contributed by atoms with E-state index in [1.165, 1.54) is 6.07 Å². The topological polar surface area (TPSA) is 22.0 Å². The number of aromatic nitrogens is 1. The van der Waals surface area contributed by atoms with E-state index < -0.39 is 0 Å². The lowest BCUT2D eigenvalue weighted by Crippen LogP contribution is -2.00. The fourth-order valence-corrected chi connectivity index (χ4v) is 2.09. The van der Waals surface area contributed by atoms with Gasteiger partial charge in [0.15, 0.2) is 5.78 Å².